The summed E-state index contributed by atoms with van der Waals surface area (Å²) in [6.45, 7) is 3.87. The van der Waals surface area contributed by atoms with Crippen molar-refractivity contribution >= 4 is 5.97 Å². The summed E-state index contributed by atoms with van der Waals surface area (Å²) in [7, 11) is 0. The van der Waals surface area contributed by atoms with Crippen molar-refractivity contribution in [3.8, 4) is 0 Å². The Labute approximate surface area is 57.4 Å². The molecule has 0 fully saturated rings. The van der Waals surface area contributed by atoms with Crippen molar-refractivity contribution < 1.29 is 14.5 Å². The molecule has 5 heteroatoms. The van der Waals surface area contributed by atoms with Crippen LogP contribution in [0.3, 0.4) is 0 Å². The largest absolute Gasteiger partial charge is 0.427 e. The van der Waals surface area contributed by atoms with Gasteiger partial charge in [0, 0.05) is 4.92 Å². The molecular weight excluding hydrogens is 138 g/mol. The molecule has 56 valence electrons. The highest BCUT2D eigenvalue weighted by Crippen LogP contribution is 1.90. The Morgan fingerprint density at radius 2 is 2.30 bits per heavy atom. The number of carbonyl (C=O) groups is 1. The van der Waals surface area contributed by atoms with Crippen LogP contribution >= 0.6 is 0 Å². The van der Waals surface area contributed by atoms with Crippen LogP contribution in [0.1, 0.15) is 6.92 Å². The van der Waals surface area contributed by atoms with Gasteiger partial charge < -0.3 is 4.74 Å². The van der Waals surface area contributed by atoms with Crippen molar-refractivity contribution in [3.63, 3.8) is 0 Å². The molecule has 0 spiro atoms. The molecular formula is C5H7NO4. The Morgan fingerprint density at radius 3 is 2.60 bits per heavy atom. The van der Waals surface area contributed by atoms with E-state index in [4.69, 9.17) is 0 Å². The van der Waals surface area contributed by atoms with Crippen molar-refractivity contribution in [3.05, 3.63) is 22.5 Å². The number of hydrogen-bond acceptors (Lipinski definition) is 4. The highest BCUT2D eigenvalue weighted by molar-refractivity contribution is 5.71. The molecule has 0 rings (SSSR count). The molecule has 0 radical (unpaired) electrons. The lowest BCUT2D eigenvalue weighted by atomic mass is 10.6. The number of carbonyl (C=O) groups excluding carboxylic acids is 1. The first kappa shape index (κ1) is 8.61. The molecule has 0 aromatic heterocycles. The second-order valence-electron chi connectivity index (χ2n) is 1.67. The smallest absolute Gasteiger partial charge is 0.383 e. The zero-order valence-electron chi connectivity index (χ0n) is 5.49. The minimum absolute atomic E-state index is 0.159. The van der Waals surface area contributed by atoms with E-state index in [0.29, 0.717) is 0 Å². The third-order valence-corrected chi connectivity index (χ3v) is 0.546. The van der Waals surface area contributed by atoms with Gasteiger partial charge in [0.25, 0.3) is 6.54 Å². The molecule has 0 bridgehead atoms. The zero-order chi connectivity index (χ0) is 8.15. The summed E-state index contributed by atoms with van der Waals surface area (Å²) in [5.74, 6) is -0.732. The summed E-state index contributed by atoms with van der Waals surface area (Å²) in [5, 5.41) is 9.67. The Balaban J connectivity index is 3.65. The number of hydrogen-bond donors (Lipinski definition) is 0. The van der Waals surface area contributed by atoms with Crippen LogP contribution in [0, 0.1) is 10.1 Å². The van der Waals surface area contributed by atoms with Crippen molar-refractivity contribution in [2.24, 2.45) is 0 Å². The maximum atomic E-state index is 10.3. The molecule has 0 heterocycles. The Morgan fingerprint density at radius 1 is 1.80 bits per heavy atom. The first-order valence-corrected chi connectivity index (χ1v) is 2.50. The number of allylic oxidation sites excluding steroid dienone is 1. The molecule has 0 aromatic carbocycles. The van der Waals surface area contributed by atoms with E-state index >= 15 is 0 Å². The zero-order valence-corrected chi connectivity index (χ0v) is 5.49. The summed E-state index contributed by atoms with van der Waals surface area (Å²) < 4.78 is 4.29. The summed E-state index contributed by atoms with van der Waals surface area (Å²) in [6.07, 6.45) is 0. The van der Waals surface area contributed by atoms with Crippen LogP contribution in [0.4, 0.5) is 0 Å². The van der Waals surface area contributed by atoms with Gasteiger partial charge in [-0.3, -0.25) is 10.1 Å². The van der Waals surface area contributed by atoms with Crippen LogP contribution in [-0.4, -0.2) is 17.4 Å². The second-order valence-corrected chi connectivity index (χ2v) is 1.67. The lowest BCUT2D eigenvalue weighted by Crippen LogP contribution is -2.15. The topological polar surface area (TPSA) is 69.4 Å². The van der Waals surface area contributed by atoms with Gasteiger partial charge in [0.2, 0.25) is 0 Å². The number of rotatable bonds is 3. The van der Waals surface area contributed by atoms with E-state index in [1.54, 1.807) is 0 Å². The summed E-state index contributed by atoms with van der Waals surface area (Å²) >= 11 is 0. The summed E-state index contributed by atoms with van der Waals surface area (Å²) in [6, 6.07) is 0. The third kappa shape index (κ3) is 4.76. The molecule has 0 N–H and O–H groups in total. The maximum Gasteiger partial charge on any atom is 0.383 e. The van der Waals surface area contributed by atoms with E-state index < -0.39 is 17.4 Å². The molecule has 10 heavy (non-hydrogen) atoms. The minimum atomic E-state index is -0.891. The van der Waals surface area contributed by atoms with Gasteiger partial charge in [0.15, 0.2) is 0 Å². The van der Waals surface area contributed by atoms with Crippen LogP contribution in [0.25, 0.3) is 0 Å². The fourth-order valence-corrected chi connectivity index (χ4v) is 0.332. The van der Waals surface area contributed by atoms with Crippen LogP contribution < -0.4 is 0 Å². The standard InChI is InChI=1S/C5H7NO4/c1-4(2)10-5(7)3-6(8)9/h1,3H2,2H3. The van der Waals surface area contributed by atoms with E-state index in [-0.39, 0.29) is 5.76 Å². The quantitative estimate of drug-likeness (QED) is 0.248. The van der Waals surface area contributed by atoms with E-state index in [9.17, 15) is 14.9 Å². The normalized spacial score (nSPS) is 8.50. The number of nitro groups is 1. The monoisotopic (exact) mass is 145 g/mol. The van der Waals surface area contributed by atoms with Crippen molar-refractivity contribution in [1.29, 1.82) is 0 Å². The Bertz CT molecular complexity index is 156. The number of esters is 1. The minimum Gasteiger partial charge on any atom is -0.427 e. The van der Waals surface area contributed by atoms with Gasteiger partial charge in [-0.1, -0.05) is 6.58 Å². The molecule has 0 aliphatic rings. The third-order valence-electron chi connectivity index (χ3n) is 0.546. The average Bonchev–Trinajstić information content (AvgIpc) is 1.58. The highest BCUT2D eigenvalue weighted by atomic mass is 16.6. The lowest BCUT2D eigenvalue weighted by Gasteiger charge is -1.96. The van der Waals surface area contributed by atoms with Gasteiger partial charge >= 0.3 is 5.97 Å². The van der Waals surface area contributed by atoms with Gasteiger partial charge in [0.05, 0.1) is 5.76 Å². The second kappa shape index (κ2) is 3.60. The van der Waals surface area contributed by atoms with Crippen molar-refractivity contribution in [2.45, 2.75) is 6.92 Å². The Kier molecular flexibility index (Phi) is 3.10. The molecule has 5 nitrogen and oxygen atoms in total. The van der Waals surface area contributed by atoms with Gasteiger partial charge in [-0.25, -0.2) is 4.79 Å². The fraction of sp³-hybridized carbons (Fsp3) is 0.400. The first-order valence-electron chi connectivity index (χ1n) is 2.50. The SMILES string of the molecule is C=C(C)OC(=O)C[N+](=O)[O-]. The highest BCUT2D eigenvalue weighted by Gasteiger charge is 2.10. The summed E-state index contributed by atoms with van der Waals surface area (Å²) in [5.41, 5.74) is 0. The predicted molar refractivity (Wildman–Crippen MR) is 32.8 cm³/mol. The summed E-state index contributed by atoms with van der Waals surface area (Å²) in [4.78, 5) is 19.2. The molecule has 0 saturated carbocycles. The predicted octanol–water partition coefficient (Wildman–Crippen LogP) is 0.340. The fourth-order valence-electron chi connectivity index (χ4n) is 0.332. The van der Waals surface area contributed by atoms with Crippen molar-refractivity contribution in [1.82, 2.24) is 0 Å². The molecule has 0 aliphatic heterocycles. The van der Waals surface area contributed by atoms with Gasteiger partial charge in [-0.15, -0.1) is 0 Å². The van der Waals surface area contributed by atoms with Gasteiger partial charge in [0.1, 0.15) is 0 Å². The molecule has 0 aromatic rings. The van der Waals surface area contributed by atoms with E-state index in [0.717, 1.165) is 0 Å². The van der Waals surface area contributed by atoms with Crippen LogP contribution in [0.2, 0.25) is 0 Å². The molecule has 0 saturated heterocycles. The first-order chi connectivity index (χ1) is 4.52. The molecule has 0 atom stereocenters. The number of nitrogens with zero attached hydrogens (tertiary/aromatic N) is 1. The van der Waals surface area contributed by atoms with Crippen LogP contribution in [0.5, 0.6) is 0 Å². The average molecular weight is 145 g/mol. The lowest BCUT2D eigenvalue weighted by molar-refractivity contribution is -0.470. The molecule has 0 aliphatic carbocycles. The number of ether oxygens (including phenoxy) is 1. The van der Waals surface area contributed by atoms with Gasteiger partial charge in [-0.05, 0) is 6.92 Å². The molecule has 0 amide bonds. The van der Waals surface area contributed by atoms with Gasteiger partial charge in [-0.2, -0.15) is 0 Å². The van der Waals surface area contributed by atoms with Crippen LogP contribution in [-0.2, 0) is 9.53 Å². The maximum absolute atomic E-state index is 10.3. The molecule has 0 unspecified atom stereocenters. The van der Waals surface area contributed by atoms with E-state index in [1.807, 2.05) is 0 Å². The van der Waals surface area contributed by atoms with Crippen molar-refractivity contribution in [2.75, 3.05) is 6.54 Å². The van der Waals surface area contributed by atoms with Crippen LogP contribution in [0.15, 0.2) is 12.3 Å². The van der Waals surface area contributed by atoms with E-state index in [1.165, 1.54) is 6.92 Å². The Hall–Kier alpha value is -1.39. The van der Waals surface area contributed by atoms with E-state index in [2.05, 4.69) is 11.3 Å².